The molecule has 8 heteroatoms. The Morgan fingerprint density at radius 3 is 2.71 bits per heavy atom. The molecule has 6 nitrogen and oxygen atoms in total. The zero-order chi connectivity index (χ0) is 17.3. The highest BCUT2D eigenvalue weighted by Crippen LogP contribution is 2.33. The molecule has 3 aromatic rings. The second-order valence-electron chi connectivity index (χ2n) is 5.15. The number of thiophene rings is 1. The lowest BCUT2D eigenvalue weighted by Crippen LogP contribution is -2.26. The molecule has 0 aliphatic carbocycles. The Labute approximate surface area is 143 Å². The van der Waals surface area contributed by atoms with Gasteiger partial charge in [0.1, 0.15) is 10.9 Å². The van der Waals surface area contributed by atoms with Crippen molar-refractivity contribution < 1.29 is 17.9 Å². The summed E-state index contributed by atoms with van der Waals surface area (Å²) >= 11 is 1.17. The number of hydrogen-bond acceptors (Lipinski definition) is 5. The van der Waals surface area contributed by atoms with E-state index >= 15 is 0 Å². The summed E-state index contributed by atoms with van der Waals surface area (Å²) in [6.07, 6.45) is 0.733. The first-order valence-corrected chi connectivity index (χ1v) is 9.41. The molecule has 0 N–H and O–H groups in total. The Hall–Kier alpha value is -2.16. The van der Waals surface area contributed by atoms with Crippen LogP contribution in [0.2, 0.25) is 0 Å². The maximum Gasteiger partial charge on any atom is 0.273 e. The number of aromatic nitrogens is 1. The van der Waals surface area contributed by atoms with Gasteiger partial charge in [0.2, 0.25) is 0 Å². The molecule has 0 spiro atoms. The molecule has 3 rings (SSSR count). The highest BCUT2D eigenvalue weighted by Gasteiger charge is 2.25. The molecule has 0 fully saturated rings. The summed E-state index contributed by atoms with van der Waals surface area (Å²) in [4.78, 5) is 11.3. The molecule has 0 aliphatic heterocycles. The van der Waals surface area contributed by atoms with E-state index < -0.39 is 10.0 Å². The minimum Gasteiger partial charge on any atom is -0.364 e. The number of carbonyl (C=O) groups is 1. The molecule has 0 unspecified atom stereocenters. The third kappa shape index (κ3) is 2.62. The summed E-state index contributed by atoms with van der Waals surface area (Å²) in [5.41, 5.74) is 1.57. The van der Waals surface area contributed by atoms with Crippen molar-refractivity contribution in [1.82, 2.24) is 4.57 Å². The molecule has 0 saturated heterocycles. The van der Waals surface area contributed by atoms with Crippen molar-refractivity contribution in [2.45, 2.75) is 10.9 Å². The standard InChI is InChI=1S/C16H16N2O4S2/c1-17(24(20,21)15-7-4-8-23-15)14-6-3-5-12-9-13(10-19)18(11-22-2)16(12)14/h3-10H,11H2,1-2H3. The van der Waals surface area contributed by atoms with Crippen LogP contribution >= 0.6 is 11.3 Å². The van der Waals surface area contributed by atoms with Crippen LogP contribution in [0.15, 0.2) is 46.0 Å². The SMILES string of the molecule is COCn1c(C=O)cc2cccc(N(C)S(=O)(=O)c3cccs3)c21. The fourth-order valence-corrected chi connectivity index (χ4v) is 4.98. The minimum atomic E-state index is -3.66. The van der Waals surface area contributed by atoms with E-state index in [0.29, 0.717) is 16.9 Å². The van der Waals surface area contributed by atoms with Gasteiger partial charge in [0.15, 0.2) is 6.29 Å². The van der Waals surface area contributed by atoms with Crippen molar-refractivity contribution in [2.24, 2.45) is 0 Å². The molecule has 0 aliphatic rings. The van der Waals surface area contributed by atoms with Crippen LogP contribution in [0, 0.1) is 0 Å². The number of sulfonamides is 1. The second-order valence-corrected chi connectivity index (χ2v) is 8.30. The molecule has 2 heterocycles. The molecule has 126 valence electrons. The zero-order valence-electron chi connectivity index (χ0n) is 13.2. The number of fused-ring (bicyclic) bond motifs is 1. The van der Waals surface area contributed by atoms with E-state index in [0.717, 1.165) is 11.7 Å². The van der Waals surface area contributed by atoms with Gasteiger partial charge >= 0.3 is 0 Å². The normalized spacial score (nSPS) is 11.8. The number of methoxy groups -OCH3 is 1. The van der Waals surface area contributed by atoms with Crippen molar-refractivity contribution >= 4 is 44.2 Å². The van der Waals surface area contributed by atoms with Crippen LogP contribution in [0.1, 0.15) is 10.5 Å². The van der Waals surface area contributed by atoms with E-state index in [2.05, 4.69) is 0 Å². The highest BCUT2D eigenvalue weighted by molar-refractivity contribution is 7.94. The van der Waals surface area contributed by atoms with Gasteiger partial charge in [-0.15, -0.1) is 11.3 Å². The molecule has 24 heavy (non-hydrogen) atoms. The van der Waals surface area contributed by atoms with Crippen molar-refractivity contribution in [1.29, 1.82) is 0 Å². The number of ether oxygens (including phenoxy) is 1. The smallest absolute Gasteiger partial charge is 0.273 e. The first-order chi connectivity index (χ1) is 11.5. The number of carbonyl (C=O) groups excluding carboxylic acids is 1. The van der Waals surface area contributed by atoms with Crippen molar-refractivity contribution in [3.63, 3.8) is 0 Å². The maximum absolute atomic E-state index is 12.8. The van der Waals surface area contributed by atoms with Crippen molar-refractivity contribution in [3.8, 4) is 0 Å². The number of benzene rings is 1. The van der Waals surface area contributed by atoms with Gasteiger partial charge in [-0.1, -0.05) is 18.2 Å². The highest BCUT2D eigenvalue weighted by atomic mass is 32.2. The molecule has 0 saturated carbocycles. The number of para-hydroxylation sites is 1. The lowest BCUT2D eigenvalue weighted by molar-refractivity contribution is 0.107. The van der Waals surface area contributed by atoms with E-state index in [9.17, 15) is 13.2 Å². The Balaban J connectivity index is 2.23. The molecule has 1 aromatic carbocycles. The fourth-order valence-electron chi connectivity index (χ4n) is 2.62. The lowest BCUT2D eigenvalue weighted by Gasteiger charge is -2.21. The molecule has 0 radical (unpaired) electrons. The van der Waals surface area contributed by atoms with Crippen LogP contribution < -0.4 is 4.31 Å². The molecule has 0 bridgehead atoms. The van der Waals surface area contributed by atoms with E-state index in [1.165, 1.54) is 29.8 Å². The maximum atomic E-state index is 12.8. The average Bonchev–Trinajstić information content (AvgIpc) is 3.22. The number of hydrogen-bond donors (Lipinski definition) is 0. The summed E-state index contributed by atoms with van der Waals surface area (Å²) in [7, 11) is -0.629. The number of anilines is 1. The molecule has 2 aromatic heterocycles. The quantitative estimate of drug-likeness (QED) is 0.631. The molecule has 0 atom stereocenters. The number of nitrogens with zero attached hydrogens (tertiary/aromatic N) is 2. The van der Waals surface area contributed by atoms with Crippen LogP contribution in [0.4, 0.5) is 5.69 Å². The van der Waals surface area contributed by atoms with E-state index in [-0.39, 0.29) is 10.9 Å². The minimum absolute atomic E-state index is 0.154. The second kappa shape index (κ2) is 6.39. The predicted molar refractivity (Wildman–Crippen MR) is 94.2 cm³/mol. The van der Waals surface area contributed by atoms with Crippen LogP contribution in [0.25, 0.3) is 10.9 Å². The Morgan fingerprint density at radius 1 is 1.29 bits per heavy atom. The fraction of sp³-hybridized carbons (Fsp3) is 0.188. The summed E-state index contributed by atoms with van der Waals surface area (Å²) < 4.78 is 34.0. The van der Waals surface area contributed by atoms with Crippen molar-refractivity contribution in [3.05, 3.63) is 47.5 Å². The molecular formula is C16H16N2O4S2. The topological polar surface area (TPSA) is 68.6 Å². The van der Waals surface area contributed by atoms with Crippen LogP contribution in [0.3, 0.4) is 0 Å². The third-order valence-corrected chi connectivity index (χ3v) is 6.90. The largest absolute Gasteiger partial charge is 0.364 e. The van der Waals surface area contributed by atoms with E-state index in [4.69, 9.17) is 4.74 Å². The third-order valence-electron chi connectivity index (χ3n) is 3.76. The van der Waals surface area contributed by atoms with Gasteiger partial charge in [-0.3, -0.25) is 9.10 Å². The average molecular weight is 364 g/mol. The van der Waals surface area contributed by atoms with Gasteiger partial charge in [-0.05, 0) is 23.6 Å². The Morgan fingerprint density at radius 2 is 2.08 bits per heavy atom. The van der Waals surface area contributed by atoms with Crippen LogP contribution in [0.5, 0.6) is 0 Å². The zero-order valence-corrected chi connectivity index (χ0v) is 14.8. The van der Waals surface area contributed by atoms with E-state index in [1.807, 2.05) is 6.07 Å². The number of aldehydes is 1. The first-order valence-electron chi connectivity index (χ1n) is 7.09. The van der Waals surface area contributed by atoms with Gasteiger partial charge in [0.05, 0.1) is 16.9 Å². The van der Waals surface area contributed by atoms with Gasteiger partial charge in [0, 0.05) is 19.5 Å². The van der Waals surface area contributed by atoms with Gasteiger partial charge in [0.25, 0.3) is 10.0 Å². The number of rotatable bonds is 6. The summed E-state index contributed by atoms with van der Waals surface area (Å²) in [6.45, 7) is 0.154. The van der Waals surface area contributed by atoms with Gasteiger partial charge in [-0.25, -0.2) is 8.42 Å². The summed E-state index contributed by atoms with van der Waals surface area (Å²) in [5, 5.41) is 2.50. The van der Waals surface area contributed by atoms with Crippen LogP contribution in [-0.2, 0) is 21.5 Å². The van der Waals surface area contributed by atoms with Gasteiger partial charge in [-0.2, -0.15) is 0 Å². The summed E-state index contributed by atoms with van der Waals surface area (Å²) in [5.74, 6) is 0. The summed E-state index contributed by atoms with van der Waals surface area (Å²) in [6, 6.07) is 10.3. The Kier molecular flexibility index (Phi) is 4.44. The molecular weight excluding hydrogens is 348 g/mol. The lowest BCUT2D eigenvalue weighted by atomic mass is 10.2. The monoisotopic (exact) mass is 364 g/mol. The Bertz CT molecular complexity index is 975. The predicted octanol–water partition coefficient (Wildman–Crippen LogP) is 2.94. The van der Waals surface area contributed by atoms with Crippen molar-refractivity contribution in [2.75, 3.05) is 18.5 Å². The van der Waals surface area contributed by atoms with Crippen LogP contribution in [-0.4, -0.2) is 33.4 Å². The van der Waals surface area contributed by atoms with Gasteiger partial charge < -0.3 is 9.30 Å². The molecule has 0 amide bonds. The first kappa shape index (κ1) is 16.7. The van der Waals surface area contributed by atoms with E-state index in [1.54, 1.807) is 40.3 Å².